The largest absolute Gasteiger partial charge is 0.450 e. The molecule has 0 bridgehead atoms. The van der Waals surface area contributed by atoms with Gasteiger partial charge in [-0.15, -0.1) is 0 Å². The highest BCUT2D eigenvalue weighted by atomic mass is 19.1. The number of nitrogens with zero attached hydrogens (tertiary/aromatic N) is 3. The summed E-state index contributed by atoms with van der Waals surface area (Å²) < 4.78 is 36.7. The molecule has 4 N–H and O–H groups in total. The van der Waals surface area contributed by atoms with Gasteiger partial charge in [0, 0.05) is 61.3 Å². The zero-order chi connectivity index (χ0) is 42.6. The highest BCUT2D eigenvalue weighted by Crippen LogP contribution is 2.41. The monoisotopic (exact) mass is 806 g/mol. The van der Waals surface area contributed by atoms with E-state index in [1.807, 2.05) is 62.6 Å². The van der Waals surface area contributed by atoms with E-state index in [1.54, 1.807) is 12.3 Å². The minimum Gasteiger partial charge on any atom is -0.450 e. The number of carbonyl (C=O) groups excluding carboxylic acids is 6. The van der Waals surface area contributed by atoms with Crippen LogP contribution in [-0.2, 0) is 35.3 Å². The van der Waals surface area contributed by atoms with Crippen molar-refractivity contribution in [3.8, 4) is 11.1 Å². The van der Waals surface area contributed by atoms with Crippen molar-refractivity contribution in [2.75, 3.05) is 32.8 Å². The second-order valence-corrected chi connectivity index (χ2v) is 15.0. The summed E-state index contributed by atoms with van der Waals surface area (Å²) in [5, 5.41) is 18.0. The van der Waals surface area contributed by atoms with E-state index in [2.05, 4.69) is 16.0 Å². The topological polar surface area (TPSA) is 179 Å². The summed E-state index contributed by atoms with van der Waals surface area (Å²) in [6.45, 7) is 8.13. The first kappa shape index (κ1) is 44.8. The first-order valence-corrected chi connectivity index (χ1v) is 19.2. The van der Waals surface area contributed by atoms with Gasteiger partial charge in [-0.2, -0.15) is 0 Å². The van der Waals surface area contributed by atoms with E-state index < -0.39 is 77.4 Å². The molecule has 4 rings (SSSR count). The van der Waals surface area contributed by atoms with Crippen LogP contribution in [0, 0.1) is 17.0 Å². The number of nitrogens with one attached hydrogen (secondary N) is 3. The number of imide groups is 1. The van der Waals surface area contributed by atoms with Crippen LogP contribution in [-0.4, -0.2) is 100 Å². The van der Waals surface area contributed by atoms with E-state index in [9.17, 15) is 38.3 Å². The van der Waals surface area contributed by atoms with Gasteiger partial charge in [-0.1, -0.05) is 64.4 Å². The van der Waals surface area contributed by atoms with E-state index in [-0.39, 0.29) is 38.2 Å². The summed E-state index contributed by atoms with van der Waals surface area (Å²) in [6, 6.07) is 11.1. The van der Waals surface area contributed by atoms with Gasteiger partial charge in [-0.25, -0.2) is 13.6 Å². The molecule has 0 saturated carbocycles. The molecule has 312 valence electrons. The van der Waals surface area contributed by atoms with Gasteiger partial charge in [0.15, 0.2) is 0 Å². The van der Waals surface area contributed by atoms with Crippen molar-refractivity contribution >= 4 is 35.6 Å². The van der Waals surface area contributed by atoms with Crippen LogP contribution in [0.25, 0.3) is 11.1 Å². The molecule has 14 nitrogen and oxygen atoms in total. The molecule has 1 aliphatic heterocycles. The number of hydrogen-bond acceptors (Lipinski definition) is 8. The third-order valence-electron chi connectivity index (χ3n) is 9.56. The molecular formula is C42H52F2N6O8. The SMILES string of the molecule is CCCCOC(=O)NC(CCN(C(=O)CO)C(c1cc(-c2cc(F)ccc2F)cn1Cc1ccccc1)C(C)(C)C)C(=O)NCCNC(=O)[C@@H](C)N1C(=O)C=CC1=O. The van der Waals surface area contributed by atoms with Crippen LogP contribution in [0.2, 0.25) is 0 Å². The fraction of sp³-hybridized carbons (Fsp3) is 0.429. The number of alkyl carbamates (subject to hydrolysis) is 1. The fourth-order valence-corrected chi connectivity index (χ4v) is 6.68. The van der Waals surface area contributed by atoms with Gasteiger partial charge in [0.1, 0.15) is 30.3 Å². The fourth-order valence-electron chi connectivity index (χ4n) is 6.68. The summed E-state index contributed by atoms with van der Waals surface area (Å²) in [5.74, 6) is -4.48. The molecule has 16 heteroatoms. The number of unbranched alkanes of at least 4 members (excludes halogenated alkanes) is 1. The lowest BCUT2D eigenvalue weighted by atomic mass is 9.82. The molecule has 2 heterocycles. The van der Waals surface area contributed by atoms with Gasteiger partial charge in [0.2, 0.25) is 17.7 Å². The van der Waals surface area contributed by atoms with Crippen molar-refractivity contribution in [2.45, 2.75) is 78.6 Å². The number of carbonyl (C=O) groups is 6. The Kier molecular flexibility index (Phi) is 15.8. The number of hydrogen-bond donors (Lipinski definition) is 4. The molecular weight excluding hydrogens is 754 g/mol. The lowest BCUT2D eigenvalue weighted by Crippen LogP contribution is -2.52. The molecule has 2 unspecified atom stereocenters. The summed E-state index contributed by atoms with van der Waals surface area (Å²) in [6.07, 6.45) is 4.15. The van der Waals surface area contributed by atoms with Crippen molar-refractivity contribution in [3.63, 3.8) is 0 Å². The number of ether oxygens (including phenoxy) is 1. The van der Waals surface area contributed by atoms with Gasteiger partial charge in [-0.3, -0.25) is 28.9 Å². The van der Waals surface area contributed by atoms with Gasteiger partial charge in [0.25, 0.3) is 11.8 Å². The average molecular weight is 807 g/mol. The van der Waals surface area contributed by atoms with Gasteiger partial charge in [-0.05, 0) is 55.0 Å². The number of aromatic nitrogens is 1. The first-order chi connectivity index (χ1) is 27.5. The van der Waals surface area contributed by atoms with Crippen LogP contribution in [0.3, 0.4) is 0 Å². The minimum absolute atomic E-state index is 0.0176. The van der Waals surface area contributed by atoms with Crippen LogP contribution in [0.15, 0.2) is 72.9 Å². The van der Waals surface area contributed by atoms with E-state index in [0.29, 0.717) is 24.2 Å². The lowest BCUT2D eigenvalue weighted by Gasteiger charge is -2.41. The third-order valence-corrected chi connectivity index (χ3v) is 9.56. The number of rotatable bonds is 19. The van der Waals surface area contributed by atoms with Crippen molar-refractivity contribution in [3.05, 3.63) is 95.8 Å². The normalized spacial score (nSPS) is 14.2. The quantitative estimate of drug-likeness (QED) is 0.103. The van der Waals surface area contributed by atoms with E-state index in [0.717, 1.165) is 47.2 Å². The molecule has 2 aromatic carbocycles. The van der Waals surface area contributed by atoms with Crippen LogP contribution in [0.1, 0.15) is 71.2 Å². The van der Waals surface area contributed by atoms with Crippen LogP contribution in [0.4, 0.5) is 13.6 Å². The maximum Gasteiger partial charge on any atom is 0.407 e. The summed E-state index contributed by atoms with van der Waals surface area (Å²) >= 11 is 0. The zero-order valence-electron chi connectivity index (χ0n) is 33.4. The van der Waals surface area contributed by atoms with Crippen molar-refractivity contribution in [2.24, 2.45) is 5.41 Å². The molecule has 3 aromatic rings. The second kappa shape index (κ2) is 20.5. The second-order valence-electron chi connectivity index (χ2n) is 15.0. The molecule has 0 aliphatic carbocycles. The standard InChI is InChI=1S/C42H52F2N6O8/c1-6-7-21-58-41(57)47-33(40(56)46-19-18-45-39(55)27(2)50-35(52)15-16-36(50)53)17-20-49(37(54)26-51)38(42(3,4)5)34-22-29(31-23-30(43)13-14-32(31)44)25-48(34)24-28-11-9-8-10-12-28/h8-16,22-23,25,27,33,38,51H,6-7,17-21,24,26H2,1-5H3,(H,45,55)(H,46,56)(H,47,57)/t27-,33?,38?/m1/s1. The van der Waals surface area contributed by atoms with E-state index in [4.69, 9.17) is 4.74 Å². The minimum atomic E-state index is -1.25. The molecule has 1 aliphatic rings. The highest BCUT2D eigenvalue weighted by molar-refractivity contribution is 6.15. The van der Waals surface area contributed by atoms with Crippen LogP contribution in [0.5, 0.6) is 0 Å². The van der Waals surface area contributed by atoms with Gasteiger partial charge in [0.05, 0.1) is 12.6 Å². The number of aliphatic hydroxyl groups excluding tert-OH is 1. The Morgan fingerprint density at radius 3 is 2.21 bits per heavy atom. The molecule has 0 spiro atoms. The molecule has 58 heavy (non-hydrogen) atoms. The zero-order valence-corrected chi connectivity index (χ0v) is 33.4. The molecule has 3 atom stereocenters. The smallest absolute Gasteiger partial charge is 0.407 e. The van der Waals surface area contributed by atoms with Gasteiger partial charge >= 0.3 is 6.09 Å². The Morgan fingerprint density at radius 1 is 0.931 bits per heavy atom. The van der Waals surface area contributed by atoms with Crippen LogP contribution >= 0.6 is 0 Å². The Hall–Kier alpha value is -5.90. The molecule has 1 aromatic heterocycles. The maximum atomic E-state index is 15.2. The summed E-state index contributed by atoms with van der Waals surface area (Å²) in [5.41, 5.74) is 1.07. The van der Waals surface area contributed by atoms with Crippen molar-refractivity contribution in [1.29, 1.82) is 0 Å². The summed E-state index contributed by atoms with van der Waals surface area (Å²) in [7, 11) is 0. The highest BCUT2D eigenvalue weighted by Gasteiger charge is 2.38. The number of amides is 6. The number of aliphatic hydroxyl groups is 1. The predicted octanol–water partition coefficient (Wildman–Crippen LogP) is 4.22. The average Bonchev–Trinajstić information content (AvgIpc) is 3.75. The summed E-state index contributed by atoms with van der Waals surface area (Å²) in [4.78, 5) is 79.1. The molecule has 0 fully saturated rings. The lowest BCUT2D eigenvalue weighted by molar-refractivity contribution is -0.144. The Labute approximate surface area is 336 Å². The number of halogens is 2. The van der Waals surface area contributed by atoms with Crippen LogP contribution < -0.4 is 16.0 Å². The Balaban J connectivity index is 1.61. The van der Waals surface area contributed by atoms with Crippen molar-refractivity contribution in [1.82, 2.24) is 30.3 Å². The van der Waals surface area contributed by atoms with E-state index >= 15 is 4.39 Å². The maximum absolute atomic E-state index is 15.2. The molecule has 6 amide bonds. The number of benzene rings is 2. The molecule has 0 radical (unpaired) electrons. The third kappa shape index (κ3) is 11.8. The van der Waals surface area contributed by atoms with Crippen molar-refractivity contribution < 1.29 is 47.4 Å². The first-order valence-electron chi connectivity index (χ1n) is 19.2. The van der Waals surface area contributed by atoms with Gasteiger partial charge < -0.3 is 35.3 Å². The Morgan fingerprint density at radius 2 is 1.59 bits per heavy atom. The molecule has 0 saturated heterocycles. The van der Waals surface area contributed by atoms with E-state index in [1.165, 1.54) is 11.8 Å². The Bertz CT molecular complexity index is 1960. The predicted molar refractivity (Wildman–Crippen MR) is 211 cm³/mol.